The van der Waals surface area contributed by atoms with Gasteiger partial charge in [0.05, 0.1) is 13.2 Å². The van der Waals surface area contributed by atoms with Crippen LogP contribution in [0.5, 0.6) is 0 Å². The van der Waals surface area contributed by atoms with E-state index in [0.29, 0.717) is 0 Å². The van der Waals surface area contributed by atoms with Gasteiger partial charge in [0, 0.05) is 9.84 Å². The molecule has 0 amide bonds. The van der Waals surface area contributed by atoms with Gasteiger partial charge in [-0.05, 0) is 6.42 Å². The van der Waals surface area contributed by atoms with Gasteiger partial charge in [0.15, 0.2) is 0 Å². The van der Waals surface area contributed by atoms with Gasteiger partial charge in [-0.2, -0.15) is 0 Å². The molecule has 0 heterocycles. The van der Waals surface area contributed by atoms with E-state index in [4.69, 9.17) is 10.2 Å². The molecule has 2 nitrogen and oxygen atoms in total. The van der Waals surface area contributed by atoms with Crippen molar-refractivity contribution in [3.05, 3.63) is 0 Å². The minimum Gasteiger partial charge on any atom is -0.396 e. The van der Waals surface area contributed by atoms with Gasteiger partial charge < -0.3 is 10.2 Å². The Morgan fingerprint density at radius 3 is 1.78 bits per heavy atom. The van der Waals surface area contributed by atoms with E-state index in [-0.39, 0.29) is 18.6 Å². The highest BCUT2D eigenvalue weighted by Gasteiger charge is 2.24. The molecule has 9 heavy (non-hydrogen) atoms. The summed E-state index contributed by atoms with van der Waals surface area (Å²) in [6, 6.07) is 0. The van der Waals surface area contributed by atoms with Crippen LogP contribution in [-0.4, -0.2) is 27.9 Å². The maximum Gasteiger partial charge on any atom is 0.0516 e. The average molecular weight is 244 g/mol. The third-order valence-electron chi connectivity index (χ3n) is 1.70. The first-order valence-electron chi connectivity index (χ1n) is 3.02. The molecule has 0 saturated carbocycles. The number of aliphatic hydroxyl groups excluding tert-OH is 2. The van der Waals surface area contributed by atoms with E-state index in [1.165, 1.54) is 0 Å². The Kier molecular flexibility index (Phi) is 4.79. The zero-order valence-electron chi connectivity index (χ0n) is 5.60. The summed E-state index contributed by atoms with van der Waals surface area (Å²) in [6.45, 7) is 2.15. The monoisotopic (exact) mass is 244 g/mol. The van der Waals surface area contributed by atoms with Crippen molar-refractivity contribution < 1.29 is 10.2 Å². The zero-order chi connectivity index (χ0) is 7.33. The van der Waals surface area contributed by atoms with Crippen molar-refractivity contribution >= 4 is 22.6 Å². The van der Waals surface area contributed by atoms with E-state index in [9.17, 15) is 0 Å². The summed E-state index contributed by atoms with van der Waals surface area (Å²) < 4.78 is 0.814. The minimum atomic E-state index is -0.236. The molecule has 0 bridgehead atoms. The van der Waals surface area contributed by atoms with Crippen LogP contribution in [-0.2, 0) is 0 Å². The predicted molar refractivity (Wildman–Crippen MR) is 45.8 cm³/mol. The highest BCUT2D eigenvalue weighted by Crippen LogP contribution is 2.22. The molecule has 0 atom stereocenters. The molecule has 3 heteroatoms. The minimum absolute atomic E-state index is 0.0862. The molecule has 0 aromatic rings. The number of aliphatic hydroxyl groups is 2. The standard InChI is InChI=1S/C6H13IO2/c1-2-6(3-7,4-8)5-9/h8-9H,2-5H2,1H3. The maximum atomic E-state index is 8.81. The lowest BCUT2D eigenvalue weighted by Crippen LogP contribution is -2.30. The average Bonchev–Trinajstić information content (AvgIpc) is 1.95. The summed E-state index contributed by atoms with van der Waals surface area (Å²) in [7, 11) is 0. The van der Waals surface area contributed by atoms with Crippen molar-refractivity contribution in [1.29, 1.82) is 0 Å². The first-order chi connectivity index (χ1) is 4.24. The fraction of sp³-hybridized carbons (Fsp3) is 1.00. The molecule has 0 fully saturated rings. The first kappa shape index (κ1) is 9.65. The van der Waals surface area contributed by atoms with Crippen LogP contribution in [0, 0.1) is 5.41 Å². The van der Waals surface area contributed by atoms with Crippen LogP contribution >= 0.6 is 22.6 Å². The van der Waals surface area contributed by atoms with Gasteiger partial charge in [0.25, 0.3) is 0 Å². The van der Waals surface area contributed by atoms with Gasteiger partial charge in [-0.15, -0.1) is 0 Å². The largest absolute Gasteiger partial charge is 0.396 e. The SMILES string of the molecule is CCC(CO)(CO)CI. The topological polar surface area (TPSA) is 40.5 Å². The Balaban J connectivity index is 3.82. The first-order valence-corrected chi connectivity index (χ1v) is 4.55. The molecule has 2 N–H and O–H groups in total. The second-order valence-corrected chi connectivity index (χ2v) is 3.07. The van der Waals surface area contributed by atoms with E-state index >= 15 is 0 Å². The van der Waals surface area contributed by atoms with Gasteiger partial charge in [-0.1, -0.05) is 29.5 Å². The Morgan fingerprint density at radius 1 is 1.33 bits per heavy atom. The molecule has 0 unspecified atom stereocenters. The highest BCUT2D eigenvalue weighted by atomic mass is 127. The van der Waals surface area contributed by atoms with E-state index in [1.807, 2.05) is 6.92 Å². The Bertz CT molecular complexity index is 53.9. The molecule has 0 radical (unpaired) electrons. The van der Waals surface area contributed by atoms with Crippen LogP contribution in [0.1, 0.15) is 13.3 Å². The van der Waals surface area contributed by atoms with Crippen LogP contribution in [0.15, 0.2) is 0 Å². The van der Waals surface area contributed by atoms with Crippen LogP contribution in [0.25, 0.3) is 0 Å². The molecular formula is C6H13IO2. The molecule has 56 valence electrons. The highest BCUT2D eigenvalue weighted by molar-refractivity contribution is 14.1. The molecular weight excluding hydrogens is 231 g/mol. The molecule has 0 saturated heterocycles. The molecule has 0 aromatic heterocycles. The number of alkyl halides is 1. The van der Waals surface area contributed by atoms with Crippen molar-refractivity contribution in [2.45, 2.75) is 13.3 Å². The Morgan fingerprint density at radius 2 is 1.78 bits per heavy atom. The fourth-order valence-electron chi connectivity index (χ4n) is 0.453. The zero-order valence-corrected chi connectivity index (χ0v) is 7.76. The molecule has 0 aromatic carbocycles. The van der Waals surface area contributed by atoms with Crippen molar-refractivity contribution in [2.24, 2.45) is 5.41 Å². The number of halogens is 1. The summed E-state index contributed by atoms with van der Waals surface area (Å²) in [5, 5.41) is 17.6. The second kappa shape index (κ2) is 4.46. The number of hydrogen-bond donors (Lipinski definition) is 2. The number of rotatable bonds is 4. The van der Waals surface area contributed by atoms with Crippen LogP contribution in [0.2, 0.25) is 0 Å². The van der Waals surface area contributed by atoms with Crippen LogP contribution in [0.3, 0.4) is 0 Å². The third kappa shape index (κ3) is 2.39. The van der Waals surface area contributed by atoms with Crippen molar-refractivity contribution in [3.8, 4) is 0 Å². The van der Waals surface area contributed by atoms with E-state index in [0.717, 1.165) is 10.8 Å². The lowest BCUT2D eigenvalue weighted by molar-refractivity contribution is 0.0734. The smallest absolute Gasteiger partial charge is 0.0516 e. The third-order valence-corrected chi connectivity index (χ3v) is 3.32. The van der Waals surface area contributed by atoms with Gasteiger partial charge in [-0.3, -0.25) is 0 Å². The summed E-state index contributed by atoms with van der Waals surface area (Å²) in [6.07, 6.45) is 0.836. The lowest BCUT2D eigenvalue weighted by Gasteiger charge is -2.24. The summed E-state index contributed by atoms with van der Waals surface area (Å²) in [5.74, 6) is 0. The van der Waals surface area contributed by atoms with Gasteiger partial charge in [0.1, 0.15) is 0 Å². The van der Waals surface area contributed by atoms with Crippen molar-refractivity contribution in [3.63, 3.8) is 0 Å². The summed E-state index contributed by atoms with van der Waals surface area (Å²) in [5.41, 5.74) is -0.236. The van der Waals surface area contributed by atoms with Gasteiger partial charge in [0.2, 0.25) is 0 Å². The van der Waals surface area contributed by atoms with Crippen molar-refractivity contribution in [2.75, 3.05) is 17.6 Å². The molecule has 0 aliphatic heterocycles. The summed E-state index contributed by atoms with van der Waals surface area (Å²) in [4.78, 5) is 0. The predicted octanol–water partition coefficient (Wildman–Crippen LogP) is 0.802. The quantitative estimate of drug-likeness (QED) is 0.567. The molecule has 0 aliphatic rings. The van der Waals surface area contributed by atoms with Crippen LogP contribution < -0.4 is 0 Å². The molecule has 0 aliphatic carbocycles. The maximum absolute atomic E-state index is 8.81. The van der Waals surface area contributed by atoms with E-state index < -0.39 is 0 Å². The fourth-order valence-corrected chi connectivity index (χ4v) is 1.47. The normalized spacial score (nSPS) is 12.0. The van der Waals surface area contributed by atoms with Crippen molar-refractivity contribution in [1.82, 2.24) is 0 Å². The summed E-state index contributed by atoms with van der Waals surface area (Å²) >= 11 is 2.18. The number of hydrogen-bond acceptors (Lipinski definition) is 2. The van der Waals surface area contributed by atoms with Crippen LogP contribution in [0.4, 0.5) is 0 Å². The second-order valence-electron chi connectivity index (χ2n) is 2.30. The van der Waals surface area contributed by atoms with Gasteiger partial charge >= 0.3 is 0 Å². The van der Waals surface area contributed by atoms with E-state index in [2.05, 4.69) is 22.6 Å². The lowest BCUT2D eigenvalue weighted by atomic mass is 9.90. The molecule has 0 rings (SSSR count). The van der Waals surface area contributed by atoms with Gasteiger partial charge in [-0.25, -0.2) is 0 Å². The van der Waals surface area contributed by atoms with E-state index in [1.54, 1.807) is 0 Å². The Hall–Kier alpha value is 0.650. The Labute approximate surface area is 69.4 Å². The molecule has 0 spiro atoms.